The number of rotatable bonds is 6. The number of benzene rings is 1. The van der Waals surface area contributed by atoms with Crippen molar-refractivity contribution in [3.8, 4) is 11.5 Å². The number of nitrogens with zero attached hydrogens (tertiary/aromatic N) is 2. The van der Waals surface area contributed by atoms with E-state index in [2.05, 4.69) is 0 Å². The van der Waals surface area contributed by atoms with Crippen molar-refractivity contribution in [2.24, 2.45) is 0 Å². The molecule has 0 saturated carbocycles. The first-order chi connectivity index (χ1) is 16.2. The van der Waals surface area contributed by atoms with Gasteiger partial charge in [0.05, 0.1) is 23.8 Å². The zero-order valence-electron chi connectivity index (χ0n) is 18.1. The van der Waals surface area contributed by atoms with E-state index in [1.165, 1.54) is 22.2 Å². The van der Waals surface area contributed by atoms with Gasteiger partial charge >= 0.3 is 0 Å². The lowest BCUT2D eigenvalue weighted by atomic mass is 9.97. The predicted octanol–water partition coefficient (Wildman–Crippen LogP) is 4.22. The highest BCUT2D eigenvalue weighted by molar-refractivity contribution is 7.99. The molecule has 3 aromatic rings. The number of ether oxygens (including phenoxy) is 3. The summed E-state index contributed by atoms with van der Waals surface area (Å²) in [5.41, 5.74) is 1.76. The van der Waals surface area contributed by atoms with Gasteiger partial charge in [-0.1, -0.05) is 11.8 Å². The molecule has 1 fully saturated rings. The van der Waals surface area contributed by atoms with Crippen molar-refractivity contribution < 1.29 is 19.0 Å². The van der Waals surface area contributed by atoms with Crippen LogP contribution in [0.2, 0.25) is 0 Å². The van der Waals surface area contributed by atoms with Gasteiger partial charge in [0.15, 0.2) is 22.4 Å². The minimum Gasteiger partial charge on any atom is -0.454 e. The van der Waals surface area contributed by atoms with Gasteiger partial charge < -0.3 is 14.2 Å². The maximum Gasteiger partial charge on any atom is 0.263 e. The van der Waals surface area contributed by atoms with Gasteiger partial charge in [-0.2, -0.15) is 0 Å². The molecule has 0 bridgehead atoms. The van der Waals surface area contributed by atoms with Gasteiger partial charge in [0.2, 0.25) is 6.79 Å². The lowest BCUT2D eigenvalue weighted by molar-refractivity contribution is 0.0937. The minimum atomic E-state index is -0.0400. The molecule has 1 saturated heterocycles. The summed E-state index contributed by atoms with van der Waals surface area (Å²) < 4.78 is 18.3. The summed E-state index contributed by atoms with van der Waals surface area (Å²) in [5.74, 6) is 1.39. The third kappa shape index (κ3) is 3.96. The van der Waals surface area contributed by atoms with E-state index in [4.69, 9.17) is 19.2 Å². The summed E-state index contributed by atoms with van der Waals surface area (Å²) in [5, 5.41) is 1.37. The second-order valence-corrected chi connectivity index (χ2v) is 10.6. The zero-order chi connectivity index (χ0) is 22.4. The Bertz CT molecular complexity index is 1290. The molecule has 9 heteroatoms. The number of carbonyl (C=O) groups is 1. The van der Waals surface area contributed by atoms with Crippen molar-refractivity contribution in [1.29, 1.82) is 0 Å². The van der Waals surface area contributed by atoms with E-state index in [1.807, 2.05) is 0 Å². The van der Waals surface area contributed by atoms with Gasteiger partial charge in [-0.25, -0.2) is 4.98 Å². The largest absolute Gasteiger partial charge is 0.454 e. The molecule has 33 heavy (non-hydrogen) atoms. The summed E-state index contributed by atoms with van der Waals surface area (Å²) in [6.45, 7) is 1.38. The SMILES string of the molecule is O=C(CSc1nc2sc3c(c2c(=O)n1CC1CCCO1)CCCC3)c1ccc2c(c1)OCO2. The van der Waals surface area contributed by atoms with Crippen LogP contribution in [0.4, 0.5) is 0 Å². The molecule has 0 N–H and O–H groups in total. The maximum absolute atomic E-state index is 13.7. The van der Waals surface area contributed by atoms with Crippen molar-refractivity contribution in [3.05, 3.63) is 44.6 Å². The van der Waals surface area contributed by atoms with E-state index < -0.39 is 0 Å². The molecule has 1 unspecified atom stereocenters. The highest BCUT2D eigenvalue weighted by Crippen LogP contribution is 2.36. The van der Waals surface area contributed by atoms with Crippen LogP contribution < -0.4 is 15.0 Å². The van der Waals surface area contributed by atoms with E-state index in [1.54, 1.807) is 34.1 Å². The molecule has 7 nitrogen and oxygen atoms in total. The van der Waals surface area contributed by atoms with E-state index in [0.29, 0.717) is 28.8 Å². The lowest BCUT2D eigenvalue weighted by Crippen LogP contribution is -2.29. The monoisotopic (exact) mass is 484 g/mol. The van der Waals surface area contributed by atoms with Gasteiger partial charge in [-0.3, -0.25) is 14.2 Å². The molecule has 4 heterocycles. The van der Waals surface area contributed by atoms with Gasteiger partial charge in [-0.05, 0) is 62.3 Å². The second-order valence-electron chi connectivity index (χ2n) is 8.62. The summed E-state index contributed by atoms with van der Waals surface area (Å²) in [7, 11) is 0. The first kappa shape index (κ1) is 21.2. The summed E-state index contributed by atoms with van der Waals surface area (Å²) >= 11 is 2.96. The number of Topliss-reactive ketones (excluding diaryl/α,β-unsaturated/α-hetero) is 1. The fourth-order valence-corrected chi connectivity index (χ4v) is 6.97. The van der Waals surface area contributed by atoms with Crippen molar-refractivity contribution in [2.75, 3.05) is 19.2 Å². The standard InChI is InChI=1S/C24H24N2O5S2/c27-17(14-7-8-18-19(10-14)31-13-30-18)12-32-24-25-22-21(16-5-1-2-6-20(16)33-22)23(28)26(24)11-15-4-3-9-29-15/h7-8,10,15H,1-6,9,11-13H2. The van der Waals surface area contributed by atoms with Crippen molar-refractivity contribution in [3.63, 3.8) is 0 Å². The van der Waals surface area contributed by atoms with Crippen LogP contribution in [0.5, 0.6) is 11.5 Å². The molecule has 1 atom stereocenters. The molecular formula is C24H24N2O5S2. The Morgan fingerprint density at radius 2 is 2.06 bits per heavy atom. The first-order valence-electron chi connectivity index (χ1n) is 11.4. The van der Waals surface area contributed by atoms with Crippen LogP contribution in [0.3, 0.4) is 0 Å². The van der Waals surface area contributed by atoms with Crippen molar-refractivity contribution in [1.82, 2.24) is 9.55 Å². The quantitative estimate of drug-likeness (QED) is 0.294. The molecule has 2 aromatic heterocycles. The van der Waals surface area contributed by atoms with Crippen LogP contribution in [0.1, 0.15) is 46.5 Å². The van der Waals surface area contributed by atoms with Crippen LogP contribution >= 0.6 is 23.1 Å². The van der Waals surface area contributed by atoms with E-state index in [-0.39, 0.29) is 30.0 Å². The first-order valence-corrected chi connectivity index (χ1v) is 13.2. The molecule has 6 rings (SSSR count). The molecule has 0 spiro atoms. The van der Waals surface area contributed by atoms with E-state index >= 15 is 0 Å². The normalized spacial score (nSPS) is 19.2. The Morgan fingerprint density at radius 3 is 2.94 bits per heavy atom. The second kappa shape index (κ2) is 8.77. The van der Waals surface area contributed by atoms with E-state index in [9.17, 15) is 9.59 Å². The van der Waals surface area contributed by atoms with Gasteiger partial charge in [0.25, 0.3) is 5.56 Å². The fraction of sp³-hybridized carbons (Fsp3) is 0.458. The van der Waals surface area contributed by atoms with Crippen LogP contribution in [-0.2, 0) is 24.1 Å². The molecule has 172 valence electrons. The Hall–Kier alpha value is -2.36. The van der Waals surface area contributed by atoms with Crippen LogP contribution in [0.25, 0.3) is 10.2 Å². The average molecular weight is 485 g/mol. The number of thiophene rings is 1. The molecule has 3 aliphatic rings. The number of hydrogen-bond donors (Lipinski definition) is 0. The van der Waals surface area contributed by atoms with Gasteiger partial charge in [0, 0.05) is 17.0 Å². The number of fused-ring (bicyclic) bond motifs is 4. The third-order valence-electron chi connectivity index (χ3n) is 6.48. The van der Waals surface area contributed by atoms with Crippen molar-refractivity contribution in [2.45, 2.75) is 56.3 Å². The average Bonchev–Trinajstić information content (AvgIpc) is 3.58. The number of hydrogen-bond acceptors (Lipinski definition) is 8. The zero-order valence-corrected chi connectivity index (χ0v) is 19.8. The van der Waals surface area contributed by atoms with Crippen LogP contribution in [0, 0.1) is 0 Å². The minimum absolute atomic E-state index is 0.00734. The van der Waals surface area contributed by atoms with E-state index in [0.717, 1.165) is 55.3 Å². The number of aromatic nitrogens is 2. The van der Waals surface area contributed by atoms with Crippen molar-refractivity contribution >= 4 is 39.1 Å². The lowest BCUT2D eigenvalue weighted by Gasteiger charge is -2.16. The Kier molecular flexibility index (Phi) is 5.63. The van der Waals surface area contributed by atoms with Crippen LogP contribution in [-0.4, -0.2) is 40.6 Å². The predicted molar refractivity (Wildman–Crippen MR) is 127 cm³/mol. The number of carbonyl (C=O) groups excluding carboxylic acids is 1. The Balaban J connectivity index is 1.32. The molecule has 1 aromatic carbocycles. The van der Waals surface area contributed by atoms with Gasteiger partial charge in [-0.15, -0.1) is 11.3 Å². The maximum atomic E-state index is 13.7. The Labute approximate surface area is 199 Å². The summed E-state index contributed by atoms with van der Waals surface area (Å²) in [6.07, 6.45) is 6.20. The number of ketones is 1. The highest BCUT2D eigenvalue weighted by atomic mass is 32.2. The molecular weight excluding hydrogens is 460 g/mol. The Morgan fingerprint density at radius 1 is 1.18 bits per heavy atom. The fourth-order valence-electron chi connectivity index (χ4n) is 4.77. The molecule has 0 radical (unpaired) electrons. The number of thioether (sulfide) groups is 1. The highest BCUT2D eigenvalue weighted by Gasteiger charge is 2.25. The van der Waals surface area contributed by atoms with Gasteiger partial charge in [0.1, 0.15) is 4.83 Å². The number of aryl methyl sites for hydroxylation is 2. The molecule has 2 aliphatic heterocycles. The summed E-state index contributed by atoms with van der Waals surface area (Å²) in [6, 6.07) is 5.22. The van der Waals surface area contributed by atoms with Crippen LogP contribution in [0.15, 0.2) is 28.2 Å². The smallest absolute Gasteiger partial charge is 0.263 e. The summed E-state index contributed by atoms with van der Waals surface area (Å²) in [4.78, 5) is 33.6. The molecule has 1 aliphatic carbocycles. The third-order valence-corrected chi connectivity index (χ3v) is 8.64. The topological polar surface area (TPSA) is 79.7 Å². The molecule has 0 amide bonds.